The molecule has 1 aromatic rings. The second-order valence-corrected chi connectivity index (χ2v) is 5.50. The maximum Gasteiger partial charge on any atom is 0.0701 e. The van der Waals surface area contributed by atoms with E-state index in [1.54, 1.807) is 11.3 Å². The predicted molar refractivity (Wildman–Crippen MR) is 51.7 cm³/mol. The van der Waals surface area contributed by atoms with E-state index in [1.807, 2.05) is 0 Å². The molecule has 0 aliphatic heterocycles. The average molecular weight is 232 g/mol. The van der Waals surface area contributed by atoms with Crippen LogP contribution < -0.4 is 5.73 Å². The van der Waals surface area contributed by atoms with Crippen molar-refractivity contribution in [1.29, 1.82) is 0 Å². The third-order valence-electron chi connectivity index (χ3n) is 2.05. The van der Waals surface area contributed by atoms with Crippen LogP contribution in [0.1, 0.15) is 23.8 Å². The van der Waals surface area contributed by atoms with Crippen LogP contribution in [0, 0.1) is 5.92 Å². The molecule has 0 unspecified atom stereocenters. The number of rotatable bonds is 2. The lowest BCUT2D eigenvalue weighted by molar-refractivity contribution is 0.645. The predicted octanol–water partition coefficient (Wildman–Crippen LogP) is 2.92. The number of hydrogen-bond donors (Lipinski definition) is 1. The summed E-state index contributed by atoms with van der Waals surface area (Å²) in [6.07, 6.45) is 2.63. The number of nitrogens with two attached hydrogens (primary N) is 1. The van der Waals surface area contributed by atoms with Crippen molar-refractivity contribution < 1.29 is 0 Å². The van der Waals surface area contributed by atoms with Crippen LogP contribution in [0.25, 0.3) is 0 Å². The lowest BCUT2D eigenvalue weighted by Gasteiger charge is -2.05. The van der Waals surface area contributed by atoms with Crippen LogP contribution in [0.3, 0.4) is 0 Å². The Labute approximate surface area is 78.7 Å². The van der Waals surface area contributed by atoms with Crippen molar-refractivity contribution in [3.63, 3.8) is 0 Å². The van der Waals surface area contributed by atoms with Crippen LogP contribution in [0.15, 0.2) is 15.9 Å². The van der Waals surface area contributed by atoms with Gasteiger partial charge in [-0.05, 0) is 46.8 Å². The van der Waals surface area contributed by atoms with Crippen LogP contribution in [-0.4, -0.2) is 0 Å². The first-order valence-electron chi connectivity index (χ1n) is 3.78. The molecule has 1 aliphatic rings. The van der Waals surface area contributed by atoms with Gasteiger partial charge >= 0.3 is 0 Å². The Kier molecular flexibility index (Phi) is 2.04. The fourth-order valence-electron chi connectivity index (χ4n) is 1.20. The first-order chi connectivity index (χ1) is 5.27. The molecule has 0 radical (unpaired) electrons. The summed E-state index contributed by atoms with van der Waals surface area (Å²) in [6, 6.07) is 4.49. The van der Waals surface area contributed by atoms with Crippen LogP contribution in [0.5, 0.6) is 0 Å². The van der Waals surface area contributed by atoms with Gasteiger partial charge in [0.15, 0.2) is 0 Å². The summed E-state index contributed by atoms with van der Waals surface area (Å²) in [7, 11) is 0. The van der Waals surface area contributed by atoms with E-state index in [0.717, 1.165) is 5.92 Å². The number of thiophene rings is 1. The zero-order valence-corrected chi connectivity index (χ0v) is 8.49. The van der Waals surface area contributed by atoms with E-state index in [4.69, 9.17) is 5.73 Å². The summed E-state index contributed by atoms with van der Waals surface area (Å²) in [5, 5.41) is 0. The van der Waals surface area contributed by atoms with Gasteiger partial charge in [-0.25, -0.2) is 0 Å². The van der Waals surface area contributed by atoms with Gasteiger partial charge in [-0.3, -0.25) is 0 Å². The van der Waals surface area contributed by atoms with E-state index in [1.165, 1.54) is 21.5 Å². The zero-order chi connectivity index (χ0) is 7.84. The molecule has 2 N–H and O–H groups in total. The van der Waals surface area contributed by atoms with Gasteiger partial charge in [0.25, 0.3) is 0 Å². The molecule has 0 bridgehead atoms. The van der Waals surface area contributed by atoms with Gasteiger partial charge in [0.1, 0.15) is 0 Å². The van der Waals surface area contributed by atoms with Crippen molar-refractivity contribution in [2.75, 3.05) is 0 Å². The molecule has 60 valence electrons. The Morgan fingerprint density at radius 1 is 1.55 bits per heavy atom. The number of halogens is 1. The molecule has 1 saturated carbocycles. The Morgan fingerprint density at radius 2 is 2.27 bits per heavy atom. The summed E-state index contributed by atoms with van der Waals surface area (Å²) in [5.41, 5.74) is 6.00. The van der Waals surface area contributed by atoms with Gasteiger partial charge in [-0.2, -0.15) is 0 Å². The molecule has 1 fully saturated rings. The average Bonchev–Trinajstić information content (AvgIpc) is 2.74. The lowest BCUT2D eigenvalue weighted by atomic mass is 10.2. The van der Waals surface area contributed by atoms with Gasteiger partial charge in [-0.15, -0.1) is 11.3 Å². The van der Waals surface area contributed by atoms with E-state index in [-0.39, 0.29) is 0 Å². The van der Waals surface area contributed by atoms with Gasteiger partial charge in [0, 0.05) is 10.9 Å². The van der Waals surface area contributed by atoms with E-state index < -0.39 is 0 Å². The fraction of sp³-hybridized carbons (Fsp3) is 0.500. The molecule has 1 atom stereocenters. The number of hydrogen-bond acceptors (Lipinski definition) is 2. The van der Waals surface area contributed by atoms with Gasteiger partial charge in [-0.1, -0.05) is 0 Å². The molecule has 2 rings (SSSR count). The molecular weight excluding hydrogens is 222 g/mol. The maximum atomic E-state index is 6.00. The minimum Gasteiger partial charge on any atom is -0.323 e. The van der Waals surface area contributed by atoms with Gasteiger partial charge in [0.05, 0.1) is 3.79 Å². The van der Waals surface area contributed by atoms with E-state index in [9.17, 15) is 0 Å². The van der Waals surface area contributed by atoms with E-state index in [0.29, 0.717) is 6.04 Å². The van der Waals surface area contributed by atoms with Crippen LogP contribution in [0.4, 0.5) is 0 Å². The summed E-state index contributed by atoms with van der Waals surface area (Å²) < 4.78 is 1.18. The van der Waals surface area contributed by atoms with Crippen molar-refractivity contribution in [1.82, 2.24) is 0 Å². The quantitative estimate of drug-likeness (QED) is 0.833. The maximum absolute atomic E-state index is 6.00. The monoisotopic (exact) mass is 231 g/mol. The Balaban J connectivity index is 2.14. The highest BCUT2D eigenvalue weighted by molar-refractivity contribution is 9.11. The zero-order valence-electron chi connectivity index (χ0n) is 6.09. The van der Waals surface area contributed by atoms with Gasteiger partial charge in [0.2, 0.25) is 0 Å². The van der Waals surface area contributed by atoms with Crippen LogP contribution in [-0.2, 0) is 0 Å². The highest BCUT2D eigenvalue weighted by atomic mass is 79.9. The van der Waals surface area contributed by atoms with Gasteiger partial charge < -0.3 is 5.73 Å². The highest BCUT2D eigenvalue weighted by Crippen LogP contribution is 2.41. The minimum absolute atomic E-state index is 0.297. The van der Waals surface area contributed by atoms with Crippen LogP contribution in [0.2, 0.25) is 0 Å². The Morgan fingerprint density at radius 3 is 2.73 bits per heavy atom. The third-order valence-corrected chi connectivity index (χ3v) is 3.78. The molecule has 3 heteroatoms. The molecule has 0 amide bonds. The van der Waals surface area contributed by atoms with E-state index in [2.05, 4.69) is 28.1 Å². The van der Waals surface area contributed by atoms with Crippen molar-refractivity contribution in [2.45, 2.75) is 18.9 Å². The molecule has 1 heterocycles. The second kappa shape index (κ2) is 2.88. The summed E-state index contributed by atoms with van der Waals surface area (Å²) in [4.78, 5) is 1.32. The molecule has 0 saturated heterocycles. The van der Waals surface area contributed by atoms with Crippen molar-refractivity contribution in [2.24, 2.45) is 11.7 Å². The lowest BCUT2D eigenvalue weighted by Crippen LogP contribution is -2.10. The molecule has 1 nitrogen and oxygen atoms in total. The highest BCUT2D eigenvalue weighted by Gasteiger charge is 2.30. The van der Waals surface area contributed by atoms with Crippen molar-refractivity contribution in [3.05, 3.63) is 20.8 Å². The topological polar surface area (TPSA) is 26.0 Å². The Bertz CT molecular complexity index is 254. The second-order valence-electron chi connectivity index (χ2n) is 3.01. The molecule has 1 aromatic heterocycles. The van der Waals surface area contributed by atoms with E-state index >= 15 is 0 Å². The summed E-state index contributed by atoms with van der Waals surface area (Å²) in [5.74, 6) is 0.764. The van der Waals surface area contributed by atoms with Crippen LogP contribution >= 0.6 is 27.3 Å². The first-order valence-corrected chi connectivity index (χ1v) is 5.39. The minimum atomic E-state index is 0.297. The Hall–Kier alpha value is 0.140. The standard InChI is InChI=1S/C8H10BrNS/c9-7-4-3-6(11-7)8(10)5-1-2-5/h3-5,8H,1-2,10H2/t8-/m1/s1. The molecule has 0 spiro atoms. The van der Waals surface area contributed by atoms with Crippen molar-refractivity contribution >= 4 is 27.3 Å². The third kappa shape index (κ3) is 1.66. The molecule has 11 heavy (non-hydrogen) atoms. The molecule has 1 aliphatic carbocycles. The summed E-state index contributed by atoms with van der Waals surface area (Å²) >= 11 is 5.19. The molecular formula is C8H10BrNS. The largest absolute Gasteiger partial charge is 0.323 e. The SMILES string of the molecule is N[C@@H](c1ccc(Br)s1)C1CC1. The molecule has 0 aromatic carbocycles. The first kappa shape index (κ1) is 7.77. The smallest absolute Gasteiger partial charge is 0.0701 e. The van der Waals surface area contributed by atoms with Crippen molar-refractivity contribution in [3.8, 4) is 0 Å². The summed E-state index contributed by atoms with van der Waals surface area (Å²) in [6.45, 7) is 0. The fourth-order valence-corrected chi connectivity index (χ4v) is 2.71. The normalized spacial score (nSPS) is 20.2.